The Morgan fingerprint density at radius 3 is 2.64 bits per heavy atom. The minimum atomic E-state index is -0.453. The number of benzene rings is 2. The minimum absolute atomic E-state index is 0.110. The van der Waals surface area contributed by atoms with Gasteiger partial charge in [0.05, 0.1) is 19.2 Å². The summed E-state index contributed by atoms with van der Waals surface area (Å²) in [5.41, 5.74) is 3.79. The first-order chi connectivity index (χ1) is 15.9. The first-order valence-electron chi connectivity index (χ1n) is 11.2. The highest BCUT2D eigenvalue weighted by atomic mass is 19.1. The van der Waals surface area contributed by atoms with Gasteiger partial charge in [0.2, 0.25) is 5.91 Å². The predicted octanol–water partition coefficient (Wildman–Crippen LogP) is 4.41. The number of nitrogens with one attached hydrogen (secondary N) is 1. The molecule has 4 rings (SSSR count). The number of rotatable bonds is 7. The Morgan fingerprint density at radius 1 is 1.15 bits per heavy atom. The number of methoxy groups -OCH3 is 1. The van der Waals surface area contributed by atoms with E-state index >= 15 is 0 Å². The van der Waals surface area contributed by atoms with E-state index in [0.29, 0.717) is 0 Å². The van der Waals surface area contributed by atoms with Gasteiger partial charge in [0.25, 0.3) is 0 Å². The molecule has 1 saturated heterocycles. The van der Waals surface area contributed by atoms with Gasteiger partial charge < -0.3 is 10.1 Å². The largest absolute Gasteiger partial charge is 0.497 e. The number of ether oxygens (including phenoxy) is 1. The SMILES string of the molecule is COc1cccc(CN2CC[C@H](c3nc(C)c(CC(=O)Nc4ccccc4F)c(C)n3)C2)c1. The van der Waals surface area contributed by atoms with Crippen LogP contribution in [-0.4, -0.2) is 41.0 Å². The van der Waals surface area contributed by atoms with E-state index in [0.717, 1.165) is 54.6 Å². The van der Waals surface area contributed by atoms with E-state index in [9.17, 15) is 9.18 Å². The van der Waals surface area contributed by atoms with Crippen molar-refractivity contribution >= 4 is 11.6 Å². The molecule has 0 spiro atoms. The molecule has 1 N–H and O–H groups in total. The first-order valence-corrected chi connectivity index (χ1v) is 11.2. The average molecular weight is 449 g/mol. The van der Waals surface area contributed by atoms with Crippen LogP contribution in [0.15, 0.2) is 48.5 Å². The molecule has 0 radical (unpaired) electrons. The lowest BCUT2D eigenvalue weighted by Crippen LogP contribution is -2.21. The summed E-state index contributed by atoms with van der Waals surface area (Å²) in [7, 11) is 1.68. The van der Waals surface area contributed by atoms with Gasteiger partial charge in [-0.15, -0.1) is 0 Å². The van der Waals surface area contributed by atoms with Gasteiger partial charge in [-0.1, -0.05) is 24.3 Å². The van der Waals surface area contributed by atoms with E-state index in [2.05, 4.69) is 22.3 Å². The van der Waals surface area contributed by atoms with Crippen molar-refractivity contribution in [3.05, 3.63) is 82.7 Å². The van der Waals surface area contributed by atoms with Gasteiger partial charge >= 0.3 is 0 Å². The van der Waals surface area contributed by atoms with Crippen LogP contribution >= 0.6 is 0 Å². The molecule has 0 bridgehead atoms. The molecular weight excluding hydrogens is 419 g/mol. The Morgan fingerprint density at radius 2 is 1.91 bits per heavy atom. The first kappa shape index (κ1) is 22.9. The lowest BCUT2D eigenvalue weighted by atomic mass is 10.0. The molecule has 33 heavy (non-hydrogen) atoms. The molecule has 172 valence electrons. The van der Waals surface area contributed by atoms with Gasteiger partial charge in [0.15, 0.2) is 0 Å². The Hall–Kier alpha value is -3.32. The van der Waals surface area contributed by atoms with Crippen molar-refractivity contribution in [2.75, 3.05) is 25.5 Å². The third-order valence-corrected chi connectivity index (χ3v) is 6.10. The molecule has 1 atom stereocenters. The van der Waals surface area contributed by atoms with Crippen molar-refractivity contribution in [3.63, 3.8) is 0 Å². The number of amides is 1. The van der Waals surface area contributed by atoms with Crippen molar-refractivity contribution in [3.8, 4) is 5.75 Å². The number of anilines is 1. The number of para-hydroxylation sites is 1. The van der Waals surface area contributed by atoms with Crippen molar-refractivity contribution in [1.82, 2.24) is 14.9 Å². The topological polar surface area (TPSA) is 67.3 Å². The zero-order valence-corrected chi connectivity index (χ0v) is 19.3. The Labute approximate surface area is 193 Å². The molecule has 1 amide bonds. The highest BCUT2D eigenvalue weighted by Crippen LogP contribution is 2.28. The fourth-order valence-corrected chi connectivity index (χ4v) is 4.34. The Bertz CT molecular complexity index is 1130. The summed E-state index contributed by atoms with van der Waals surface area (Å²) in [6, 6.07) is 14.3. The molecule has 1 fully saturated rings. The number of hydrogen-bond acceptors (Lipinski definition) is 5. The number of aryl methyl sites for hydroxylation is 2. The van der Waals surface area contributed by atoms with E-state index in [4.69, 9.17) is 14.7 Å². The summed E-state index contributed by atoms with van der Waals surface area (Å²) in [4.78, 5) is 24.4. The number of likely N-dealkylation sites (tertiary alicyclic amines) is 1. The smallest absolute Gasteiger partial charge is 0.229 e. The summed E-state index contributed by atoms with van der Waals surface area (Å²) in [5, 5.41) is 2.63. The van der Waals surface area contributed by atoms with Crippen molar-refractivity contribution in [2.45, 2.75) is 39.2 Å². The predicted molar refractivity (Wildman–Crippen MR) is 126 cm³/mol. The number of carbonyl (C=O) groups excluding carboxylic acids is 1. The number of hydrogen-bond donors (Lipinski definition) is 1. The Balaban J connectivity index is 1.40. The number of halogens is 1. The highest BCUT2D eigenvalue weighted by Gasteiger charge is 2.27. The normalized spacial score (nSPS) is 16.1. The zero-order chi connectivity index (χ0) is 23.4. The lowest BCUT2D eigenvalue weighted by Gasteiger charge is -2.17. The van der Waals surface area contributed by atoms with Crippen molar-refractivity contribution < 1.29 is 13.9 Å². The van der Waals surface area contributed by atoms with Crippen LogP contribution in [0.4, 0.5) is 10.1 Å². The van der Waals surface area contributed by atoms with Crippen LogP contribution < -0.4 is 10.1 Å². The third kappa shape index (κ3) is 5.54. The van der Waals surface area contributed by atoms with Crippen LogP contribution in [-0.2, 0) is 17.8 Å². The molecule has 0 saturated carbocycles. The van der Waals surface area contributed by atoms with E-state index in [-0.39, 0.29) is 23.9 Å². The molecule has 2 aromatic carbocycles. The summed E-state index contributed by atoms with van der Waals surface area (Å²) >= 11 is 0. The quantitative estimate of drug-likeness (QED) is 0.580. The molecule has 0 aliphatic carbocycles. The standard InChI is InChI=1S/C26H29FN4O2/c1-17-22(14-25(32)30-24-10-5-4-9-23(24)27)18(2)29-26(28-17)20-11-12-31(16-20)15-19-7-6-8-21(13-19)33-3/h4-10,13,20H,11-12,14-16H2,1-3H3,(H,30,32)/t20-/m0/s1. The fraction of sp³-hybridized carbons (Fsp3) is 0.346. The summed E-state index contributed by atoms with van der Waals surface area (Å²) in [5.74, 6) is 1.22. The molecular formula is C26H29FN4O2. The second-order valence-corrected chi connectivity index (χ2v) is 8.51. The van der Waals surface area contributed by atoms with Gasteiger partial charge in [0, 0.05) is 36.0 Å². The van der Waals surface area contributed by atoms with E-state index in [1.165, 1.54) is 11.6 Å². The molecule has 1 aliphatic heterocycles. The molecule has 1 aromatic heterocycles. The zero-order valence-electron chi connectivity index (χ0n) is 19.3. The van der Waals surface area contributed by atoms with Crippen LogP contribution in [0.2, 0.25) is 0 Å². The van der Waals surface area contributed by atoms with E-state index in [1.807, 2.05) is 26.0 Å². The molecule has 3 aromatic rings. The van der Waals surface area contributed by atoms with Gasteiger partial charge in [-0.05, 0) is 56.6 Å². The van der Waals surface area contributed by atoms with Crippen molar-refractivity contribution in [1.29, 1.82) is 0 Å². The van der Waals surface area contributed by atoms with Gasteiger partial charge in [-0.3, -0.25) is 9.69 Å². The average Bonchev–Trinajstić information content (AvgIpc) is 3.26. The van der Waals surface area contributed by atoms with Crippen LogP contribution in [0.5, 0.6) is 5.75 Å². The summed E-state index contributed by atoms with van der Waals surface area (Å²) < 4.78 is 19.2. The van der Waals surface area contributed by atoms with Crippen LogP contribution in [0.1, 0.15) is 40.7 Å². The van der Waals surface area contributed by atoms with Gasteiger partial charge in [-0.25, -0.2) is 14.4 Å². The minimum Gasteiger partial charge on any atom is -0.497 e. The number of carbonyl (C=O) groups is 1. The molecule has 2 heterocycles. The summed E-state index contributed by atoms with van der Waals surface area (Å²) in [6.45, 7) is 6.55. The van der Waals surface area contributed by atoms with Crippen LogP contribution in [0.25, 0.3) is 0 Å². The Kier molecular flexibility index (Phi) is 6.99. The summed E-state index contributed by atoms with van der Waals surface area (Å²) in [6.07, 6.45) is 1.11. The second kappa shape index (κ2) is 10.1. The van der Waals surface area contributed by atoms with Gasteiger partial charge in [0.1, 0.15) is 17.4 Å². The number of aromatic nitrogens is 2. The fourth-order valence-electron chi connectivity index (χ4n) is 4.34. The van der Waals surface area contributed by atoms with Crippen molar-refractivity contribution in [2.24, 2.45) is 0 Å². The van der Waals surface area contributed by atoms with Crippen LogP contribution in [0, 0.1) is 19.7 Å². The molecule has 0 unspecified atom stereocenters. The molecule has 1 aliphatic rings. The maximum Gasteiger partial charge on any atom is 0.229 e. The molecule has 6 nitrogen and oxygen atoms in total. The maximum absolute atomic E-state index is 13.8. The lowest BCUT2D eigenvalue weighted by molar-refractivity contribution is -0.115. The monoisotopic (exact) mass is 448 g/mol. The second-order valence-electron chi connectivity index (χ2n) is 8.51. The highest BCUT2D eigenvalue weighted by molar-refractivity contribution is 5.92. The van der Waals surface area contributed by atoms with E-state index < -0.39 is 5.82 Å². The molecule has 7 heteroatoms. The maximum atomic E-state index is 13.8. The number of nitrogens with zero attached hydrogens (tertiary/aromatic N) is 3. The van der Waals surface area contributed by atoms with E-state index in [1.54, 1.807) is 25.3 Å². The van der Waals surface area contributed by atoms with Gasteiger partial charge in [-0.2, -0.15) is 0 Å². The van der Waals surface area contributed by atoms with Crippen LogP contribution in [0.3, 0.4) is 0 Å². The third-order valence-electron chi connectivity index (χ3n) is 6.10.